The number of hydrogen-bond acceptors (Lipinski definition) is 5. The van der Waals surface area contributed by atoms with Crippen LogP contribution < -0.4 is 5.32 Å². The second-order valence-corrected chi connectivity index (χ2v) is 6.94. The van der Waals surface area contributed by atoms with Crippen molar-refractivity contribution in [2.75, 3.05) is 18.4 Å². The number of nitrogens with zero attached hydrogens (tertiary/aromatic N) is 4. The summed E-state index contributed by atoms with van der Waals surface area (Å²) >= 11 is 0. The van der Waals surface area contributed by atoms with Gasteiger partial charge in [-0.2, -0.15) is 5.10 Å². The minimum atomic E-state index is -0.208. The topological polar surface area (TPSA) is 93.3 Å². The fraction of sp³-hybridized carbons (Fsp3) is 0.300. The van der Waals surface area contributed by atoms with Gasteiger partial charge < -0.3 is 14.6 Å². The van der Waals surface area contributed by atoms with E-state index < -0.39 is 0 Å². The highest BCUT2D eigenvalue weighted by atomic mass is 16.3. The Kier molecular flexibility index (Phi) is 4.68. The van der Waals surface area contributed by atoms with Crippen molar-refractivity contribution in [2.45, 2.75) is 13.3 Å². The van der Waals surface area contributed by atoms with Gasteiger partial charge in [0.2, 0.25) is 17.7 Å². The van der Waals surface area contributed by atoms with E-state index in [9.17, 15) is 9.59 Å². The molecule has 1 aliphatic rings. The molecule has 0 saturated carbocycles. The van der Waals surface area contributed by atoms with Crippen LogP contribution in [0, 0.1) is 12.8 Å². The normalized spacial score (nSPS) is 14.0. The Bertz CT molecular complexity index is 1000. The van der Waals surface area contributed by atoms with Crippen LogP contribution in [-0.2, 0) is 23.1 Å². The van der Waals surface area contributed by atoms with Gasteiger partial charge in [-0.15, -0.1) is 0 Å². The molecule has 1 aliphatic heterocycles. The van der Waals surface area contributed by atoms with Gasteiger partial charge >= 0.3 is 0 Å². The summed E-state index contributed by atoms with van der Waals surface area (Å²) in [7, 11) is 1.82. The lowest BCUT2D eigenvalue weighted by Gasteiger charge is -2.38. The van der Waals surface area contributed by atoms with Gasteiger partial charge in [0.15, 0.2) is 0 Å². The molecule has 144 valence electrons. The van der Waals surface area contributed by atoms with E-state index in [1.165, 1.54) is 6.26 Å². The number of anilines is 1. The van der Waals surface area contributed by atoms with Crippen LogP contribution in [-0.4, -0.2) is 44.6 Å². The molecular formula is C20H21N5O3. The number of carbonyl (C=O) groups is 2. The van der Waals surface area contributed by atoms with E-state index in [-0.39, 0.29) is 24.2 Å². The summed E-state index contributed by atoms with van der Waals surface area (Å²) in [4.78, 5) is 30.8. The molecule has 2 amide bonds. The highest BCUT2D eigenvalue weighted by molar-refractivity contribution is 5.95. The summed E-state index contributed by atoms with van der Waals surface area (Å²) in [5.41, 5.74) is 3.05. The maximum atomic E-state index is 12.4. The summed E-state index contributed by atoms with van der Waals surface area (Å²) in [5.74, 6) is 0.138. The molecule has 8 heteroatoms. The molecule has 2 aromatic heterocycles. The van der Waals surface area contributed by atoms with Crippen molar-refractivity contribution in [1.29, 1.82) is 0 Å². The second-order valence-electron chi connectivity index (χ2n) is 6.94. The highest BCUT2D eigenvalue weighted by Crippen LogP contribution is 2.22. The zero-order valence-electron chi connectivity index (χ0n) is 15.8. The number of rotatable bonds is 5. The molecule has 0 unspecified atom stereocenters. The summed E-state index contributed by atoms with van der Waals surface area (Å²) in [6.45, 7) is 2.71. The van der Waals surface area contributed by atoms with E-state index in [0.29, 0.717) is 30.4 Å². The number of nitrogens with one attached hydrogen (secondary N) is 1. The van der Waals surface area contributed by atoms with Crippen LogP contribution in [0.25, 0.3) is 11.5 Å². The molecule has 1 N–H and O–H groups in total. The molecule has 1 saturated heterocycles. The first-order chi connectivity index (χ1) is 13.5. The minimum absolute atomic E-state index is 0.0606. The third-order valence-electron chi connectivity index (χ3n) is 5.00. The lowest BCUT2D eigenvalue weighted by molar-refractivity contribution is -0.140. The first-order valence-electron chi connectivity index (χ1n) is 9.08. The van der Waals surface area contributed by atoms with E-state index in [1.807, 2.05) is 44.3 Å². The van der Waals surface area contributed by atoms with Gasteiger partial charge in [-0.25, -0.2) is 4.98 Å². The van der Waals surface area contributed by atoms with Crippen LogP contribution in [0.3, 0.4) is 0 Å². The lowest BCUT2D eigenvalue weighted by atomic mass is 9.98. The second kappa shape index (κ2) is 7.30. The Morgan fingerprint density at radius 3 is 2.68 bits per heavy atom. The van der Waals surface area contributed by atoms with Gasteiger partial charge in [0.05, 0.1) is 35.6 Å². The van der Waals surface area contributed by atoms with Crippen molar-refractivity contribution in [3.05, 3.63) is 54.2 Å². The fourth-order valence-corrected chi connectivity index (χ4v) is 3.07. The molecule has 4 rings (SSSR count). The average molecular weight is 379 g/mol. The third kappa shape index (κ3) is 3.53. The number of oxazole rings is 1. The van der Waals surface area contributed by atoms with E-state index in [1.54, 1.807) is 15.8 Å². The molecule has 8 nitrogen and oxygen atoms in total. The van der Waals surface area contributed by atoms with E-state index >= 15 is 0 Å². The molecule has 0 aliphatic carbocycles. The quantitative estimate of drug-likeness (QED) is 0.732. The van der Waals surface area contributed by atoms with Gasteiger partial charge in [-0.1, -0.05) is 18.2 Å². The van der Waals surface area contributed by atoms with E-state index in [2.05, 4.69) is 15.4 Å². The maximum absolute atomic E-state index is 12.4. The van der Waals surface area contributed by atoms with Gasteiger partial charge in [-0.3, -0.25) is 14.3 Å². The predicted molar refractivity (Wildman–Crippen MR) is 102 cm³/mol. The number of hydrogen-bond donors (Lipinski definition) is 1. The first kappa shape index (κ1) is 18.0. The molecule has 1 fully saturated rings. The number of aryl methyl sites for hydroxylation is 1. The third-order valence-corrected chi connectivity index (χ3v) is 5.00. The number of likely N-dealkylation sites (tertiary alicyclic amines) is 1. The van der Waals surface area contributed by atoms with Crippen LogP contribution in [0.2, 0.25) is 0 Å². The molecule has 0 spiro atoms. The molecule has 28 heavy (non-hydrogen) atoms. The molecule has 0 atom stereocenters. The Morgan fingerprint density at radius 1 is 1.25 bits per heavy atom. The predicted octanol–water partition coefficient (Wildman–Crippen LogP) is 2.02. The van der Waals surface area contributed by atoms with E-state index in [4.69, 9.17) is 4.42 Å². The molecule has 3 aromatic rings. The van der Waals surface area contributed by atoms with Crippen LogP contribution >= 0.6 is 0 Å². The largest absolute Gasteiger partial charge is 0.444 e. The Labute approximate surface area is 162 Å². The standard InChI is InChI=1S/C20H21N5O3/c1-13-17(9-21-24(13)2)23-19(27)15-10-25(11-15)18(26)8-16-12-28-20(22-16)14-6-4-3-5-7-14/h3-7,9,12,15H,8,10-11H2,1-2H3,(H,23,27). The van der Waals surface area contributed by atoms with Crippen molar-refractivity contribution in [3.8, 4) is 11.5 Å². The van der Waals surface area contributed by atoms with Crippen molar-refractivity contribution < 1.29 is 14.0 Å². The zero-order chi connectivity index (χ0) is 19.7. The summed E-state index contributed by atoms with van der Waals surface area (Å²) in [6.07, 6.45) is 3.30. The smallest absolute Gasteiger partial charge is 0.231 e. The molecule has 1 aromatic carbocycles. The molecule has 3 heterocycles. The SMILES string of the molecule is Cc1c(NC(=O)C2CN(C(=O)Cc3coc(-c4ccccc4)n3)C2)cnn1C. The zero-order valence-corrected chi connectivity index (χ0v) is 15.8. The van der Waals surface area contributed by atoms with Gasteiger partial charge in [0, 0.05) is 25.7 Å². The van der Waals surface area contributed by atoms with Crippen LogP contribution in [0.15, 0.2) is 47.2 Å². The summed E-state index contributed by atoms with van der Waals surface area (Å²) in [6, 6.07) is 9.54. The number of carbonyl (C=O) groups excluding carboxylic acids is 2. The van der Waals surface area contributed by atoms with Gasteiger partial charge in [-0.05, 0) is 19.1 Å². The van der Waals surface area contributed by atoms with Crippen molar-refractivity contribution in [2.24, 2.45) is 13.0 Å². The number of aromatic nitrogens is 3. The Balaban J connectivity index is 1.29. The summed E-state index contributed by atoms with van der Waals surface area (Å²) in [5, 5.41) is 6.98. The number of benzene rings is 1. The van der Waals surface area contributed by atoms with Crippen LogP contribution in [0.4, 0.5) is 5.69 Å². The molecule has 0 radical (unpaired) electrons. The highest BCUT2D eigenvalue weighted by Gasteiger charge is 2.36. The van der Waals surface area contributed by atoms with Crippen molar-refractivity contribution in [3.63, 3.8) is 0 Å². The minimum Gasteiger partial charge on any atom is -0.444 e. The van der Waals surface area contributed by atoms with E-state index in [0.717, 1.165) is 11.3 Å². The average Bonchev–Trinajstić information content (AvgIpc) is 3.23. The van der Waals surface area contributed by atoms with Gasteiger partial charge in [0.25, 0.3) is 0 Å². The Hall–Kier alpha value is -3.42. The summed E-state index contributed by atoms with van der Waals surface area (Å²) < 4.78 is 7.17. The van der Waals surface area contributed by atoms with Crippen molar-refractivity contribution >= 4 is 17.5 Å². The van der Waals surface area contributed by atoms with Crippen molar-refractivity contribution in [1.82, 2.24) is 19.7 Å². The lowest BCUT2D eigenvalue weighted by Crippen LogP contribution is -2.54. The molecular weight excluding hydrogens is 358 g/mol. The number of amides is 2. The monoisotopic (exact) mass is 379 g/mol. The Morgan fingerprint density at radius 2 is 2.00 bits per heavy atom. The first-order valence-corrected chi connectivity index (χ1v) is 9.08. The van der Waals surface area contributed by atoms with Crippen LogP contribution in [0.1, 0.15) is 11.4 Å². The van der Waals surface area contributed by atoms with Gasteiger partial charge in [0.1, 0.15) is 6.26 Å². The van der Waals surface area contributed by atoms with Crippen LogP contribution in [0.5, 0.6) is 0 Å². The molecule has 0 bridgehead atoms. The fourth-order valence-electron chi connectivity index (χ4n) is 3.07. The maximum Gasteiger partial charge on any atom is 0.231 e.